The number of fused-ring (bicyclic) bond motifs is 1. The van der Waals surface area contributed by atoms with Gasteiger partial charge in [-0.2, -0.15) is 0 Å². The van der Waals surface area contributed by atoms with Crippen LogP contribution in [0.2, 0.25) is 0 Å². The van der Waals surface area contributed by atoms with Crippen molar-refractivity contribution in [2.24, 2.45) is 0 Å². The zero-order chi connectivity index (χ0) is 22.6. The third-order valence-electron chi connectivity index (χ3n) is 5.23. The van der Waals surface area contributed by atoms with Crippen LogP contribution < -0.4 is 4.90 Å². The van der Waals surface area contributed by atoms with E-state index in [0.29, 0.717) is 37.0 Å². The Kier molecular flexibility index (Phi) is 8.61. The van der Waals surface area contributed by atoms with Crippen LogP contribution in [0.3, 0.4) is 0 Å². The number of ether oxygens (including phenoxy) is 1. The number of anilines is 1. The molecular formula is C23H26ClN3O4S2. The third-order valence-corrected chi connectivity index (χ3v) is 7.40. The van der Waals surface area contributed by atoms with Crippen LogP contribution in [0.5, 0.6) is 0 Å². The molecule has 4 rings (SSSR count). The van der Waals surface area contributed by atoms with Crippen molar-refractivity contribution in [3.8, 4) is 0 Å². The fourth-order valence-electron chi connectivity index (χ4n) is 3.51. The van der Waals surface area contributed by atoms with Gasteiger partial charge >= 0.3 is 0 Å². The second kappa shape index (κ2) is 11.2. The number of carbonyl (C=O) groups is 1. The molecule has 0 atom stereocenters. The van der Waals surface area contributed by atoms with E-state index in [9.17, 15) is 13.2 Å². The Morgan fingerprint density at radius 3 is 2.58 bits per heavy atom. The van der Waals surface area contributed by atoms with Gasteiger partial charge in [0.2, 0.25) is 0 Å². The second-order valence-electron chi connectivity index (χ2n) is 7.56. The molecule has 1 aliphatic rings. The maximum atomic E-state index is 13.2. The van der Waals surface area contributed by atoms with Crippen LogP contribution in [0.15, 0.2) is 59.5 Å². The van der Waals surface area contributed by atoms with Crippen LogP contribution >= 0.6 is 23.7 Å². The molecular weight excluding hydrogens is 482 g/mol. The minimum Gasteiger partial charge on any atom is -0.379 e. The predicted octanol–water partition coefficient (Wildman–Crippen LogP) is 3.50. The van der Waals surface area contributed by atoms with Crippen molar-refractivity contribution in [2.45, 2.75) is 4.90 Å². The number of carbonyl (C=O) groups excluding carboxylic acids is 1. The van der Waals surface area contributed by atoms with Crippen LogP contribution in [-0.4, -0.2) is 69.9 Å². The number of hydrogen-bond acceptors (Lipinski definition) is 7. The highest BCUT2D eigenvalue weighted by molar-refractivity contribution is 7.91. The van der Waals surface area contributed by atoms with Gasteiger partial charge in [-0.1, -0.05) is 47.7 Å². The van der Waals surface area contributed by atoms with Crippen molar-refractivity contribution in [2.75, 3.05) is 50.5 Å². The Morgan fingerprint density at radius 1 is 1.15 bits per heavy atom. The summed E-state index contributed by atoms with van der Waals surface area (Å²) in [6.07, 6.45) is 4.49. The monoisotopic (exact) mass is 507 g/mol. The molecule has 3 aromatic rings. The maximum absolute atomic E-state index is 13.2. The number of amides is 1. The van der Waals surface area contributed by atoms with Crippen LogP contribution in [0.4, 0.5) is 5.13 Å². The topological polar surface area (TPSA) is 79.8 Å². The van der Waals surface area contributed by atoms with Gasteiger partial charge in [-0.15, -0.1) is 12.4 Å². The average Bonchev–Trinajstić information content (AvgIpc) is 3.22. The molecule has 1 aromatic heterocycles. The van der Waals surface area contributed by atoms with Gasteiger partial charge in [0.25, 0.3) is 5.91 Å². The Balaban J connectivity index is 0.00000306. The quantitative estimate of drug-likeness (QED) is 0.455. The van der Waals surface area contributed by atoms with Gasteiger partial charge in [0.15, 0.2) is 15.0 Å². The van der Waals surface area contributed by atoms with Gasteiger partial charge in [0.05, 0.1) is 22.8 Å². The van der Waals surface area contributed by atoms with E-state index in [0.717, 1.165) is 23.4 Å². The number of morpholine rings is 1. The van der Waals surface area contributed by atoms with Gasteiger partial charge in [0.1, 0.15) is 5.52 Å². The lowest BCUT2D eigenvalue weighted by Crippen LogP contribution is -2.42. The van der Waals surface area contributed by atoms with E-state index in [1.807, 2.05) is 36.4 Å². The molecule has 33 heavy (non-hydrogen) atoms. The Morgan fingerprint density at radius 2 is 1.88 bits per heavy atom. The lowest BCUT2D eigenvalue weighted by atomic mass is 10.2. The van der Waals surface area contributed by atoms with Crippen LogP contribution in [0.1, 0.15) is 5.56 Å². The first-order chi connectivity index (χ1) is 15.4. The Labute approximate surface area is 204 Å². The number of nitrogens with zero attached hydrogens (tertiary/aromatic N) is 3. The first kappa shape index (κ1) is 25.3. The van der Waals surface area contributed by atoms with Crippen molar-refractivity contribution >= 4 is 60.9 Å². The smallest absolute Gasteiger partial charge is 0.252 e. The van der Waals surface area contributed by atoms with Crippen molar-refractivity contribution in [1.82, 2.24) is 9.88 Å². The number of sulfone groups is 1. The third kappa shape index (κ3) is 6.39. The minimum atomic E-state index is -3.43. The normalized spacial score (nSPS) is 14.9. The van der Waals surface area contributed by atoms with E-state index in [2.05, 4.69) is 9.88 Å². The molecule has 1 fully saturated rings. The molecule has 0 saturated carbocycles. The number of rotatable bonds is 7. The number of hydrogen-bond donors (Lipinski definition) is 0. The zero-order valence-corrected chi connectivity index (χ0v) is 20.7. The predicted molar refractivity (Wildman–Crippen MR) is 135 cm³/mol. The van der Waals surface area contributed by atoms with E-state index in [-0.39, 0.29) is 23.2 Å². The molecule has 10 heteroatoms. The lowest BCUT2D eigenvalue weighted by molar-refractivity contribution is -0.114. The lowest BCUT2D eigenvalue weighted by Gasteiger charge is -2.28. The maximum Gasteiger partial charge on any atom is 0.252 e. The van der Waals surface area contributed by atoms with Gasteiger partial charge in [0, 0.05) is 38.5 Å². The van der Waals surface area contributed by atoms with Crippen LogP contribution in [-0.2, 0) is 19.4 Å². The molecule has 2 heterocycles. The minimum absolute atomic E-state index is 0. The summed E-state index contributed by atoms with van der Waals surface area (Å²) in [6, 6.07) is 14.7. The van der Waals surface area contributed by atoms with Crippen molar-refractivity contribution in [3.05, 3.63) is 60.2 Å². The summed E-state index contributed by atoms with van der Waals surface area (Å²) >= 11 is 1.32. The second-order valence-corrected chi connectivity index (χ2v) is 10.6. The number of para-hydroxylation sites is 1. The highest BCUT2D eigenvalue weighted by Crippen LogP contribution is 2.32. The Hall–Kier alpha value is -2.30. The first-order valence-electron chi connectivity index (χ1n) is 10.4. The SMILES string of the molecule is CS(=O)(=O)c1cccc2sc(N(CCN3CCOCC3)C(=O)C=Cc3ccccc3)nc12.Cl. The summed E-state index contributed by atoms with van der Waals surface area (Å²) in [4.78, 5) is 21.8. The fraction of sp³-hybridized carbons (Fsp3) is 0.304. The molecule has 0 spiro atoms. The van der Waals surface area contributed by atoms with Gasteiger partial charge in [-0.25, -0.2) is 13.4 Å². The highest BCUT2D eigenvalue weighted by Gasteiger charge is 2.22. The molecule has 0 N–H and O–H groups in total. The van der Waals surface area contributed by atoms with E-state index < -0.39 is 9.84 Å². The summed E-state index contributed by atoms with van der Waals surface area (Å²) in [7, 11) is -3.43. The average molecular weight is 508 g/mol. The molecule has 176 valence electrons. The summed E-state index contributed by atoms with van der Waals surface area (Å²) in [5.74, 6) is -0.193. The molecule has 0 aliphatic carbocycles. The van der Waals surface area contributed by atoms with Gasteiger partial charge in [-0.3, -0.25) is 14.6 Å². The molecule has 1 saturated heterocycles. The first-order valence-corrected chi connectivity index (χ1v) is 13.1. The largest absolute Gasteiger partial charge is 0.379 e. The van der Waals surface area contributed by atoms with E-state index in [1.165, 1.54) is 23.7 Å². The van der Waals surface area contributed by atoms with Crippen LogP contribution in [0.25, 0.3) is 16.3 Å². The molecule has 0 bridgehead atoms. The zero-order valence-electron chi connectivity index (χ0n) is 18.2. The Bertz CT molecular complexity index is 1220. The summed E-state index contributed by atoms with van der Waals surface area (Å²) < 4.78 is 30.6. The van der Waals surface area contributed by atoms with Gasteiger partial charge in [-0.05, 0) is 23.8 Å². The standard InChI is InChI=1S/C23H25N3O4S2.ClH/c1-32(28,29)20-9-5-8-19-22(20)24-23(31-19)26(13-12-25-14-16-30-17-15-25)21(27)11-10-18-6-3-2-4-7-18;/h2-11H,12-17H2,1H3;1H. The number of aromatic nitrogens is 1. The van der Waals surface area contributed by atoms with Crippen molar-refractivity contribution in [3.63, 3.8) is 0 Å². The number of halogens is 1. The summed E-state index contributed by atoms with van der Waals surface area (Å²) in [6.45, 7) is 4.14. The van der Waals surface area contributed by atoms with E-state index in [1.54, 1.807) is 23.1 Å². The summed E-state index contributed by atoms with van der Waals surface area (Å²) in [5, 5.41) is 0.493. The highest BCUT2D eigenvalue weighted by atomic mass is 35.5. The fourth-order valence-corrected chi connectivity index (χ4v) is 5.44. The molecule has 1 amide bonds. The van der Waals surface area contributed by atoms with E-state index in [4.69, 9.17) is 4.74 Å². The van der Waals surface area contributed by atoms with Crippen molar-refractivity contribution in [1.29, 1.82) is 0 Å². The molecule has 1 aliphatic heterocycles. The molecule has 2 aromatic carbocycles. The number of benzene rings is 2. The molecule has 7 nitrogen and oxygen atoms in total. The van der Waals surface area contributed by atoms with Crippen LogP contribution in [0, 0.1) is 0 Å². The molecule has 0 unspecified atom stereocenters. The van der Waals surface area contributed by atoms with Crippen molar-refractivity contribution < 1.29 is 17.9 Å². The van der Waals surface area contributed by atoms with E-state index >= 15 is 0 Å². The summed E-state index contributed by atoms with van der Waals surface area (Å²) in [5.41, 5.74) is 1.34. The molecule has 0 radical (unpaired) electrons. The van der Waals surface area contributed by atoms with Gasteiger partial charge < -0.3 is 4.74 Å². The number of thiazole rings is 1.